The molecule has 0 spiro atoms. The lowest BCUT2D eigenvalue weighted by Gasteiger charge is -2.16. The van der Waals surface area contributed by atoms with Gasteiger partial charge in [-0.3, -0.25) is 9.59 Å². The summed E-state index contributed by atoms with van der Waals surface area (Å²) in [5.41, 5.74) is 3.41. The summed E-state index contributed by atoms with van der Waals surface area (Å²) in [6.07, 6.45) is 1.10. The fourth-order valence-electron chi connectivity index (χ4n) is 2.90. The fraction of sp³-hybridized carbons (Fsp3) is 0.300. The molecule has 1 aliphatic carbocycles. The highest BCUT2D eigenvalue weighted by Gasteiger charge is 2.56. The van der Waals surface area contributed by atoms with Crippen LogP contribution in [0.25, 0.3) is 0 Å². The normalized spacial score (nSPS) is 14.7. The number of benzene rings is 2. The summed E-state index contributed by atoms with van der Waals surface area (Å²) < 4.78 is 0. The minimum atomic E-state index is -0.991. The van der Waals surface area contributed by atoms with Crippen LogP contribution in [0.5, 0.6) is 0 Å². The molecule has 0 aliphatic heterocycles. The molecular weight excluding hydrogens is 336 g/mol. The Bertz CT molecular complexity index is 837. The van der Waals surface area contributed by atoms with Gasteiger partial charge in [-0.1, -0.05) is 23.7 Å². The van der Waals surface area contributed by atoms with E-state index < -0.39 is 5.41 Å². The molecule has 0 unspecified atom stereocenters. The van der Waals surface area contributed by atoms with Gasteiger partial charge in [-0.05, 0) is 74.6 Å². The summed E-state index contributed by atoms with van der Waals surface area (Å²) in [7, 11) is 0. The molecule has 0 saturated heterocycles. The highest BCUT2D eigenvalue weighted by Crippen LogP contribution is 2.47. The van der Waals surface area contributed by atoms with Gasteiger partial charge in [-0.25, -0.2) is 0 Å². The molecule has 0 aromatic heterocycles. The number of aryl methyl sites for hydroxylation is 3. The van der Waals surface area contributed by atoms with Crippen molar-refractivity contribution in [3.05, 3.63) is 58.1 Å². The Hall–Kier alpha value is -2.33. The van der Waals surface area contributed by atoms with Gasteiger partial charge >= 0.3 is 0 Å². The van der Waals surface area contributed by atoms with E-state index in [1.807, 2.05) is 45.0 Å². The summed E-state index contributed by atoms with van der Waals surface area (Å²) in [5, 5.41) is 6.29. The second kappa shape index (κ2) is 6.52. The molecule has 130 valence electrons. The zero-order valence-corrected chi connectivity index (χ0v) is 15.3. The third-order valence-corrected chi connectivity index (χ3v) is 4.94. The summed E-state index contributed by atoms with van der Waals surface area (Å²) in [5.74, 6) is -0.539. The van der Waals surface area contributed by atoms with Gasteiger partial charge < -0.3 is 10.6 Å². The molecule has 1 saturated carbocycles. The second-order valence-corrected chi connectivity index (χ2v) is 7.24. The van der Waals surface area contributed by atoms with Crippen LogP contribution in [0.3, 0.4) is 0 Å². The molecule has 1 aliphatic rings. The number of hydrogen-bond donors (Lipinski definition) is 2. The maximum absolute atomic E-state index is 12.7. The molecule has 0 bridgehead atoms. The average Bonchev–Trinajstić information content (AvgIpc) is 3.31. The van der Waals surface area contributed by atoms with E-state index in [9.17, 15) is 9.59 Å². The van der Waals surface area contributed by atoms with Crippen LogP contribution in [0.15, 0.2) is 36.4 Å². The van der Waals surface area contributed by atoms with Crippen molar-refractivity contribution in [3.8, 4) is 0 Å². The van der Waals surface area contributed by atoms with Crippen LogP contribution in [0.4, 0.5) is 11.4 Å². The lowest BCUT2D eigenvalue weighted by atomic mass is 10.0. The van der Waals surface area contributed by atoms with Gasteiger partial charge in [-0.15, -0.1) is 0 Å². The van der Waals surface area contributed by atoms with Crippen LogP contribution in [0.2, 0.25) is 5.02 Å². The second-order valence-electron chi connectivity index (χ2n) is 6.83. The van der Waals surface area contributed by atoms with Crippen molar-refractivity contribution in [1.29, 1.82) is 0 Å². The minimum absolute atomic E-state index is 0.256. The molecule has 4 nitrogen and oxygen atoms in total. The first-order valence-electron chi connectivity index (χ1n) is 8.27. The topological polar surface area (TPSA) is 58.2 Å². The molecule has 2 amide bonds. The van der Waals surface area contributed by atoms with E-state index in [0.29, 0.717) is 23.6 Å². The molecule has 2 aromatic carbocycles. The van der Waals surface area contributed by atoms with Crippen LogP contribution in [-0.2, 0) is 9.59 Å². The predicted octanol–water partition coefficient (Wildman–Crippen LogP) is 4.62. The lowest BCUT2D eigenvalue weighted by Crippen LogP contribution is -2.35. The van der Waals surface area contributed by atoms with Crippen LogP contribution < -0.4 is 10.6 Å². The molecule has 2 N–H and O–H groups in total. The quantitative estimate of drug-likeness (QED) is 0.785. The third-order valence-electron chi connectivity index (χ3n) is 4.53. The van der Waals surface area contributed by atoms with Crippen LogP contribution in [-0.4, -0.2) is 11.8 Å². The standard InChI is InChI=1S/C20H21ClN2O2/c1-12-8-13(2)10-16(9-12)23-19(25)20(6-7-20)18(24)22-15-5-4-14(3)17(21)11-15/h4-5,8-11H,6-7H2,1-3H3,(H,22,24)(H,23,25). The fourth-order valence-corrected chi connectivity index (χ4v) is 3.08. The van der Waals surface area contributed by atoms with Gasteiger partial charge in [0.05, 0.1) is 0 Å². The monoisotopic (exact) mass is 356 g/mol. The van der Waals surface area contributed by atoms with E-state index in [-0.39, 0.29) is 11.8 Å². The Labute approximate surface area is 152 Å². The van der Waals surface area contributed by atoms with E-state index in [1.165, 1.54) is 0 Å². The van der Waals surface area contributed by atoms with Crippen molar-refractivity contribution in [2.45, 2.75) is 33.6 Å². The van der Waals surface area contributed by atoms with Crippen molar-refractivity contribution in [2.75, 3.05) is 10.6 Å². The molecule has 25 heavy (non-hydrogen) atoms. The molecule has 2 aromatic rings. The van der Waals surface area contributed by atoms with Gasteiger partial charge in [-0.2, -0.15) is 0 Å². The molecule has 0 radical (unpaired) electrons. The maximum atomic E-state index is 12.7. The summed E-state index contributed by atoms with van der Waals surface area (Å²) in [4.78, 5) is 25.3. The van der Waals surface area contributed by atoms with E-state index in [2.05, 4.69) is 10.6 Å². The zero-order chi connectivity index (χ0) is 18.2. The van der Waals surface area contributed by atoms with Crippen LogP contribution in [0, 0.1) is 26.2 Å². The van der Waals surface area contributed by atoms with E-state index in [1.54, 1.807) is 12.1 Å². The first-order valence-corrected chi connectivity index (χ1v) is 8.65. The number of carbonyl (C=O) groups is 2. The molecular formula is C20H21ClN2O2. The molecule has 5 heteroatoms. The van der Waals surface area contributed by atoms with Gasteiger partial charge in [0.2, 0.25) is 11.8 Å². The molecule has 0 heterocycles. The maximum Gasteiger partial charge on any atom is 0.240 e. The first-order chi connectivity index (χ1) is 11.8. The van der Waals surface area contributed by atoms with Crippen molar-refractivity contribution < 1.29 is 9.59 Å². The summed E-state index contributed by atoms with van der Waals surface area (Å²) in [6.45, 7) is 5.85. The number of halogens is 1. The number of carbonyl (C=O) groups excluding carboxylic acids is 2. The molecule has 1 fully saturated rings. The SMILES string of the molecule is Cc1cc(C)cc(NC(=O)C2(C(=O)Nc3ccc(C)c(Cl)c3)CC2)c1. The van der Waals surface area contributed by atoms with Crippen molar-refractivity contribution >= 4 is 34.8 Å². The number of amides is 2. The third kappa shape index (κ3) is 3.69. The van der Waals surface area contributed by atoms with Crippen LogP contribution in [0.1, 0.15) is 29.5 Å². The van der Waals surface area contributed by atoms with E-state index in [0.717, 1.165) is 22.4 Å². The van der Waals surface area contributed by atoms with Gasteiger partial charge in [0.25, 0.3) is 0 Å². The van der Waals surface area contributed by atoms with E-state index in [4.69, 9.17) is 11.6 Å². The number of anilines is 2. The average molecular weight is 357 g/mol. The Morgan fingerprint density at radius 2 is 1.44 bits per heavy atom. The Morgan fingerprint density at radius 1 is 0.880 bits per heavy atom. The van der Waals surface area contributed by atoms with Gasteiger partial charge in [0.1, 0.15) is 5.41 Å². The van der Waals surface area contributed by atoms with Crippen molar-refractivity contribution in [1.82, 2.24) is 0 Å². The van der Waals surface area contributed by atoms with Crippen molar-refractivity contribution in [2.24, 2.45) is 5.41 Å². The Balaban J connectivity index is 1.73. The van der Waals surface area contributed by atoms with Crippen molar-refractivity contribution in [3.63, 3.8) is 0 Å². The van der Waals surface area contributed by atoms with E-state index >= 15 is 0 Å². The van der Waals surface area contributed by atoms with Crippen LogP contribution >= 0.6 is 11.6 Å². The largest absolute Gasteiger partial charge is 0.325 e. The number of rotatable bonds is 4. The minimum Gasteiger partial charge on any atom is -0.325 e. The highest BCUT2D eigenvalue weighted by atomic mass is 35.5. The highest BCUT2D eigenvalue weighted by molar-refractivity contribution is 6.31. The Kier molecular flexibility index (Phi) is 4.56. The first kappa shape index (κ1) is 17.5. The summed E-state index contributed by atoms with van der Waals surface area (Å²) >= 11 is 6.10. The van der Waals surface area contributed by atoms with Gasteiger partial charge in [0, 0.05) is 16.4 Å². The van der Waals surface area contributed by atoms with Gasteiger partial charge in [0.15, 0.2) is 0 Å². The molecule has 3 rings (SSSR count). The smallest absolute Gasteiger partial charge is 0.240 e. The predicted molar refractivity (Wildman–Crippen MR) is 101 cm³/mol. The number of hydrogen-bond acceptors (Lipinski definition) is 2. The molecule has 0 atom stereocenters. The zero-order valence-electron chi connectivity index (χ0n) is 14.6. The Morgan fingerprint density at radius 3 is 1.96 bits per heavy atom. The summed E-state index contributed by atoms with van der Waals surface area (Å²) in [6, 6.07) is 11.2. The lowest BCUT2D eigenvalue weighted by molar-refractivity contribution is -0.131. The number of nitrogens with one attached hydrogen (secondary N) is 2.